The lowest BCUT2D eigenvalue weighted by Crippen LogP contribution is -2.46. The Balaban J connectivity index is 1.56. The van der Waals surface area contributed by atoms with E-state index >= 15 is 0 Å². The molecule has 4 fully saturated rings. The maximum Gasteiger partial charge on any atom is 0.187 e. The average molecular weight is 305 g/mol. The lowest BCUT2D eigenvalue weighted by Gasteiger charge is -2.57. The van der Waals surface area contributed by atoms with Gasteiger partial charge in [-0.15, -0.1) is 6.58 Å². The maximum atomic E-state index is 5.18. The van der Waals surface area contributed by atoms with Gasteiger partial charge < -0.3 is 5.32 Å². The highest BCUT2D eigenvalue weighted by Crippen LogP contribution is 2.61. The Morgan fingerprint density at radius 1 is 1.24 bits per heavy atom. The van der Waals surface area contributed by atoms with E-state index in [4.69, 9.17) is 12.2 Å². The second-order valence-electron chi connectivity index (χ2n) is 7.55. The first-order chi connectivity index (χ1) is 10.1. The van der Waals surface area contributed by atoms with Crippen molar-refractivity contribution in [1.29, 1.82) is 0 Å². The van der Waals surface area contributed by atoms with Crippen LogP contribution in [-0.2, 0) is 0 Å². The SMILES string of the molecule is C=CCNC(=S)N/N=C(/C)CC12CC3CC(CC(C3)C1)C2. The average Bonchev–Trinajstić information content (AvgIpc) is 2.40. The lowest BCUT2D eigenvalue weighted by atomic mass is 9.48. The van der Waals surface area contributed by atoms with E-state index in [9.17, 15) is 0 Å². The molecule has 3 nitrogen and oxygen atoms in total. The summed E-state index contributed by atoms with van der Waals surface area (Å²) in [5.74, 6) is 3.02. The molecule has 0 aromatic rings. The smallest absolute Gasteiger partial charge is 0.187 e. The quantitative estimate of drug-likeness (QED) is 0.352. The van der Waals surface area contributed by atoms with Crippen LogP contribution in [0.5, 0.6) is 0 Å². The van der Waals surface area contributed by atoms with Crippen LogP contribution in [-0.4, -0.2) is 17.4 Å². The topological polar surface area (TPSA) is 36.4 Å². The summed E-state index contributed by atoms with van der Waals surface area (Å²) in [5, 5.41) is 8.11. The summed E-state index contributed by atoms with van der Waals surface area (Å²) >= 11 is 5.18. The predicted molar refractivity (Wildman–Crippen MR) is 92.3 cm³/mol. The summed E-state index contributed by atoms with van der Waals surface area (Å²) in [6.45, 7) is 6.48. The van der Waals surface area contributed by atoms with Gasteiger partial charge in [0.1, 0.15) is 0 Å². The molecule has 4 aliphatic carbocycles. The first kappa shape index (κ1) is 15.0. The van der Waals surface area contributed by atoms with E-state index < -0.39 is 0 Å². The number of thiocarbonyl (C=S) groups is 1. The first-order valence-electron chi connectivity index (χ1n) is 8.26. The van der Waals surface area contributed by atoms with Gasteiger partial charge in [-0.25, -0.2) is 0 Å². The molecule has 0 aliphatic heterocycles. The van der Waals surface area contributed by atoms with Crippen LogP contribution in [0.15, 0.2) is 17.8 Å². The molecule has 0 amide bonds. The van der Waals surface area contributed by atoms with Gasteiger partial charge in [0.25, 0.3) is 0 Å². The van der Waals surface area contributed by atoms with Gasteiger partial charge in [0, 0.05) is 12.3 Å². The first-order valence-corrected chi connectivity index (χ1v) is 8.67. The molecule has 4 heteroatoms. The molecule has 0 heterocycles. The fourth-order valence-corrected chi connectivity index (χ4v) is 5.57. The molecule has 0 saturated heterocycles. The number of hydrogen-bond acceptors (Lipinski definition) is 2. The van der Waals surface area contributed by atoms with E-state index in [0.29, 0.717) is 17.1 Å². The second-order valence-corrected chi connectivity index (χ2v) is 7.96. The number of hydrazone groups is 1. The van der Waals surface area contributed by atoms with Crippen molar-refractivity contribution in [2.45, 2.75) is 51.9 Å². The Bertz CT molecular complexity index is 420. The molecular weight excluding hydrogens is 278 g/mol. The van der Waals surface area contributed by atoms with Gasteiger partial charge in [-0.05, 0) is 87.3 Å². The highest BCUT2D eigenvalue weighted by atomic mass is 32.1. The van der Waals surface area contributed by atoms with Gasteiger partial charge in [0.2, 0.25) is 0 Å². The number of nitrogens with one attached hydrogen (secondary N) is 2. The Kier molecular flexibility index (Phi) is 4.34. The molecule has 0 unspecified atom stereocenters. The highest BCUT2D eigenvalue weighted by molar-refractivity contribution is 7.80. The van der Waals surface area contributed by atoms with Gasteiger partial charge in [0.05, 0.1) is 0 Å². The summed E-state index contributed by atoms with van der Waals surface area (Å²) in [4.78, 5) is 0. The molecule has 116 valence electrons. The molecule has 0 spiro atoms. The van der Waals surface area contributed by atoms with Crippen molar-refractivity contribution in [2.24, 2.45) is 28.3 Å². The van der Waals surface area contributed by atoms with E-state index in [1.165, 1.54) is 44.2 Å². The van der Waals surface area contributed by atoms with Crippen LogP contribution >= 0.6 is 12.2 Å². The van der Waals surface area contributed by atoms with Crippen LogP contribution in [0, 0.1) is 23.2 Å². The van der Waals surface area contributed by atoms with Crippen molar-refractivity contribution in [2.75, 3.05) is 6.54 Å². The molecule has 4 saturated carbocycles. The maximum absolute atomic E-state index is 5.18. The van der Waals surface area contributed by atoms with Gasteiger partial charge in [0.15, 0.2) is 5.11 Å². The molecule has 0 radical (unpaired) electrons. The van der Waals surface area contributed by atoms with Crippen molar-refractivity contribution in [1.82, 2.24) is 10.7 Å². The van der Waals surface area contributed by atoms with E-state index in [1.54, 1.807) is 6.08 Å². The van der Waals surface area contributed by atoms with Crippen molar-refractivity contribution in [3.63, 3.8) is 0 Å². The largest absolute Gasteiger partial charge is 0.358 e. The van der Waals surface area contributed by atoms with Crippen LogP contribution in [0.1, 0.15) is 51.9 Å². The highest BCUT2D eigenvalue weighted by Gasteiger charge is 2.50. The Morgan fingerprint density at radius 2 is 1.81 bits per heavy atom. The minimum atomic E-state index is 0.556. The molecule has 4 aliphatic rings. The zero-order chi connectivity index (χ0) is 14.9. The Hall–Kier alpha value is -0.900. The van der Waals surface area contributed by atoms with Gasteiger partial charge in [-0.2, -0.15) is 5.10 Å². The van der Waals surface area contributed by atoms with E-state index in [1.807, 2.05) is 0 Å². The second kappa shape index (κ2) is 6.07. The van der Waals surface area contributed by atoms with E-state index in [-0.39, 0.29) is 0 Å². The van der Waals surface area contributed by atoms with Crippen LogP contribution in [0.3, 0.4) is 0 Å². The summed E-state index contributed by atoms with van der Waals surface area (Å²) in [5.41, 5.74) is 4.71. The van der Waals surface area contributed by atoms with Crippen molar-refractivity contribution in [3.8, 4) is 0 Å². The van der Waals surface area contributed by atoms with Crippen LogP contribution in [0.25, 0.3) is 0 Å². The van der Waals surface area contributed by atoms with E-state index in [0.717, 1.165) is 24.2 Å². The molecule has 21 heavy (non-hydrogen) atoms. The third-order valence-electron chi connectivity index (χ3n) is 5.55. The predicted octanol–water partition coefficient (Wildman–Crippen LogP) is 3.62. The summed E-state index contributed by atoms with van der Waals surface area (Å²) in [6, 6.07) is 0. The van der Waals surface area contributed by atoms with Gasteiger partial charge in [-0.1, -0.05) is 6.08 Å². The van der Waals surface area contributed by atoms with Gasteiger partial charge in [-0.3, -0.25) is 5.43 Å². The molecule has 0 aromatic heterocycles. The zero-order valence-corrected chi connectivity index (χ0v) is 13.8. The Labute approximate surface area is 133 Å². The number of hydrogen-bond donors (Lipinski definition) is 2. The fourth-order valence-electron chi connectivity index (χ4n) is 5.44. The molecule has 4 rings (SSSR count). The van der Waals surface area contributed by atoms with Crippen molar-refractivity contribution in [3.05, 3.63) is 12.7 Å². The monoisotopic (exact) mass is 305 g/mol. The third kappa shape index (κ3) is 3.47. The summed E-state index contributed by atoms with van der Waals surface area (Å²) in [7, 11) is 0. The minimum Gasteiger partial charge on any atom is -0.358 e. The Morgan fingerprint density at radius 3 is 2.33 bits per heavy atom. The molecule has 0 atom stereocenters. The number of rotatable bonds is 5. The third-order valence-corrected chi connectivity index (χ3v) is 5.79. The molecule has 2 N–H and O–H groups in total. The summed E-state index contributed by atoms with van der Waals surface area (Å²) in [6.07, 6.45) is 11.8. The van der Waals surface area contributed by atoms with Crippen molar-refractivity contribution < 1.29 is 0 Å². The summed E-state index contributed by atoms with van der Waals surface area (Å²) < 4.78 is 0. The van der Waals surface area contributed by atoms with Crippen LogP contribution in [0.4, 0.5) is 0 Å². The zero-order valence-electron chi connectivity index (χ0n) is 13.0. The lowest BCUT2D eigenvalue weighted by molar-refractivity contribution is -0.0482. The minimum absolute atomic E-state index is 0.556. The number of nitrogens with zero attached hydrogens (tertiary/aromatic N) is 1. The van der Waals surface area contributed by atoms with Crippen LogP contribution < -0.4 is 10.7 Å². The standard InChI is InChI=1S/C17H27N3S/c1-3-4-18-16(21)20-19-12(2)8-17-9-13-5-14(10-17)7-15(6-13)11-17/h3,13-15H,1,4-11H2,2H3,(H2,18,20,21)/b19-12-. The van der Waals surface area contributed by atoms with E-state index in [2.05, 4.69) is 29.3 Å². The fraction of sp³-hybridized carbons (Fsp3) is 0.765. The molecule has 0 aromatic carbocycles. The molecule has 4 bridgehead atoms. The van der Waals surface area contributed by atoms with Crippen molar-refractivity contribution >= 4 is 23.0 Å². The van der Waals surface area contributed by atoms with Crippen LogP contribution in [0.2, 0.25) is 0 Å². The normalized spacial score (nSPS) is 37.4. The molecular formula is C17H27N3S. The van der Waals surface area contributed by atoms with Gasteiger partial charge >= 0.3 is 0 Å².